The molecule has 0 aliphatic rings. The molecule has 0 spiro atoms. The van der Waals surface area contributed by atoms with Crippen molar-refractivity contribution in [2.75, 3.05) is 18.6 Å². The number of nitrogens with zero attached hydrogens (tertiary/aromatic N) is 1. The van der Waals surface area contributed by atoms with Gasteiger partial charge in [-0.15, -0.1) is 23.1 Å². The molecule has 2 heterocycles. The van der Waals surface area contributed by atoms with Crippen molar-refractivity contribution in [1.29, 1.82) is 5.26 Å². The molecular weight excluding hydrogens is 272 g/mol. The van der Waals surface area contributed by atoms with Crippen molar-refractivity contribution in [3.63, 3.8) is 0 Å². The van der Waals surface area contributed by atoms with E-state index in [0.29, 0.717) is 15.8 Å². The number of nitrogens with two attached hydrogens (primary N) is 1. The van der Waals surface area contributed by atoms with Crippen molar-refractivity contribution in [1.82, 2.24) is 0 Å². The van der Waals surface area contributed by atoms with E-state index in [-0.39, 0.29) is 18.1 Å². The maximum absolute atomic E-state index is 11.6. The zero-order valence-electron chi connectivity index (χ0n) is 9.77. The number of hydrogen-bond acceptors (Lipinski definition) is 7. The molecule has 2 N–H and O–H groups in total. The van der Waals surface area contributed by atoms with E-state index in [1.165, 1.54) is 23.1 Å². The molecule has 5 nitrogen and oxygen atoms in total. The second kappa shape index (κ2) is 4.92. The number of furan rings is 1. The van der Waals surface area contributed by atoms with E-state index < -0.39 is 5.97 Å². The van der Waals surface area contributed by atoms with Gasteiger partial charge in [-0.05, 0) is 13.2 Å². The Bertz CT molecular complexity index is 651. The van der Waals surface area contributed by atoms with Crippen molar-refractivity contribution in [2.45, 2.75) is 11.1 Å². The average Bonchev–Trinajstić information content (AvgIpc) is 2.86. The molecule has 2 aromatic rings. The summed E-state index contributed by atoms with van der Waals surface area (Å²) in [6.07, 6.45) is 1.87. The van der Waals surface area contributed by atoms with E-state index in [9.17, 15) is 4.79 Å². The summed E-state index contributed by atoms with van der Waals surface area (Å²) >= 11 is 2.79. The van der Waals surface area contributed by atoms with Gasteiger partial charge < -0.3 is 14.9 Å². The van der Waals surface area contributed by atoms with E-state index in [1.807, 2.05) is 6.26 Å². The molecule has 0 atom stereocenters. The normalized spacial score (nSPS) is 10.5. The Morgan fingerprint density at radius 3 is 2.94 bits per heavy atom. The predicted molar refractivity (Wildman–Crippen MR) is 71.0 cm³/mol. The summed E-state index contributed by atoms with van der Waals surface area (Å²) < 4.78 is 11.7. The Kier molecular flexibility index (Phi) is 3.50. The highest BCUT2D eigenvalue weighted by molar-refractivity contribution is 8.00. The number of thiophene rings is 1. The summed E-state index contributed by atoms with van der Waals surface area (Å²) in [5.41, 5.74) is 6.89. The Morgan fingerprint density at radius 2 is 2.39 bits per heavy atom. The summed E-state index contributed by atoms with van der Waals surface area (Å²) in [7, 11) is 0. The summed E-state index contributed by atoms with van der Waals surface area (Å²) in [6, 6.07) is 2.07. The molecular formula is C11H10N2O3S2. The first-order valence-electron chi connectivity index (χ1n) is 5.10. The van der Waals surface area contributed by atoms with Gasteiger partial charge in [-0.1, -0.05) is 0 Å². The highest BCUT2D eigenvalue weighted by Crippen LogP contribution is 2.42. The van der Waals surface area contributed by atoms with Crippen molar-refractivity contribution >= 4 is 45.0 Å². The molecule has 94 valence electrons. The van der Waals surface area contributed by atoms with E-state index in [4.69, 9.17) is 20.1 Å². The fraction of sp³-hybridized carbons (Fsp3) is 0.273. The lowest BCUT2D eigenvalue weighted by Crippen LogP contribution is -2.05. The van der Waals surface area contributed by atoms with Crippen LogP contribution < -0.4 is 5.73 Å². The lowest BCUT2D eigenvalue weighted by molar-refractivity contribution is 0.0494. The Balaban J connectivity index is 2.62. The van der Waals surface area contributed by atoms with Crippen molar-refractivity contribution in [3.05, 3.63) is 11.3 Å². The molecule has 0 aromatic carbocycles. The van der Waals surface area contributed by atoms with Crippen molar-refractivity contribution in [2.24, 2.45) is 0 Å². The number of carbonyl (C=O) groups excluding carboxylic acids is 1. The third-order valence-electron chi connectivity index (χ3n) is 2.28. The molecule has 7 heteroatoms. The molecule has 0 amide bonds. The van der Waals surface area contributed by atoms with E-state index in [2.05, 4.69) is 6.07 Å². The number of nitriles is 1. The quantitative estimate of drug-likeness (QED) is 0.687. The van der Waals surface area contributed by atoms with Crippen LogP contribution in [0.3, 0.4) is 0 Å². The minimum atomic E-state index is -0.604. The predicted octanol–water partition coefficient (Wildman–Crippen LogP) is 2.85. The number of rotatable bonds is 3. The van der Waals surface area contributed by atoms with Crippen LogP contribution in [0, 0.1) is 11.3 Å². The minimum absolute atomic E-state index is 0.0257. The zero-order chi connectivity index (χ0) is 13.3. The van der Waals surface area contributed by atoms with E-state index >= 15 is 0 Å². The summed E-state index contributed by atoms with van der Waals surface area (Å²) in [5.74, 6) is -0.629. The molecule has 0 saturated carbocycles. The highest BCUT2D eigenvalue weighted by atomic mass is 32.2. The molecule has 2 aromatic heterocycles. The Morgan fingerprint density at radius 1 is 1.67 bits per heavy atom. The van der Waals surface area contributed by atoms with Crippen LogP contribution in [0.15, 0.2) is 8.63 Å². The van der Waals surface area contributed by atoms with Gasteiger partial charge in [0.05, 0.1) is 15.5 Å². The zero-order valence-corrected chi connectivity index (χ0v) is 11.4. The fourth-order valence-electron chi connectivity index (χ4n) is 1.52. The van der Waals surface area contributed by atoms with Crippen LogP contribution in [0.4, 0.5) is 5.69 Å². The molecule has 0 radical (unpaired) electrons. The van der Waals surface area contributed by atoms with Crippen molar-refractivity contribution in [3.8, 4) is 6.07 Å². The molecule has 0 unspecified atom stereocenters. The number of fused-ring (bicyclic) bond motifs is 1. The number of nitrogen functional groups attached to an aromatic ring is 1. The molecule has 0 aliphatic heterocycles. The first-order chi connectivity index (χ1) is 8.63. The molecule has 0 fully saturated rings. The Labute approximate surface area is 112 Å². The number of anilines is 1. The monoisotopic (exact) mass is 282 g/mol. The molecule has 0 aliphatic carbocycles. The van der Waals surface area contributed by atoms with Crippen LogP contribution >= 0.6 is 23.1 Å². The van der Waals surface area contributed by atoms with E-state index in [0.717, 1.165) is 4.21 Å². The van der Waals surface area contributed by atoms with Gasteiger partial charge in [0.2, 0.25) is 5.76 Å². The number of thioether (sulfide) groups is 1. The second-order valence-electron chi connectivity index (χ2n) is 3.30. The largest absolute Gasteiger partial charge is 0.460 e. The van der Waals surface area contributed by atoms with Crippen LogP contribution in [-0.4, -0.2) is 18.8 Å². The van der Waals surface area contributed by atoms with Gasteiger partial charge in [-0.2, -0.15) is 5.26 Å². The maximum Gasteiger partial charge on any atom is 0.376 e. The lowest BCUT2D eigenvalue weighted by atomic mass is 10.3. The number of ether oxygens (including phenoxy) is 1. The standard InChI is InChI=1S/C11H10N2O3S2/c1-3-15-10(14)8-6(13)9-7(16-8)5(4-12)11(17-2)18-9/h3,13H2,1-2H3. The number of carbonyl (C=O) groups is 1. The lowest BCUT2D eigenvalue weighted by Gasteiger charge is -1.98. The Hall–Kier alpha value is -1.65. The van der Waals surface area contributed by atoms with Gasteiger partial charge in [0.15, 0.2) is 5.58 Å². The topological polar surface area (TPSA) is 89.2 Å². The van der Waals surface area contributed by atoms with Crippen molar-refractivity contribution < 1.29 is 13.9 Å². The highest BCUT2D eigenvalue weighted by Gasteiger charge is 2.25. The number of hydrogen-bond donors (Lipinski definition) is 1. The first kappa shape index (κ1) is 12.8. The van der Waals surface area contributed by atoms with Gasteiger partial charge in [0.25, 0.3) is 0 Å². The van der Waals surface area contributed by atoms with E-state index in [1.54, 1.807) is 6.92 Å². The molecule has 2 rings (SSSR count). The summed E-state index contributed by atoms with van der Waals surface area (Å²) in [5, 5.41) is 9.10. The fourth-order valence-corrected chi connectivity index (χ4v) is 3.31. The summed E-state index contributed by atoms with van der Waals surface area (Å²) in [4.78, 5) is 11.6. The van der Waals surface area contributed by atoms with Crippen LogP contribution in [0.5, 0.6) is 0 Å². The van der Waals surface area contributed by atoms with Gasteiger partial charge in [-0.25, -0.2) is 4.79 Å². The van der Waals surface area contributed by atoms with Crippen LogP contribution in [-0.2, 0) is 4.74 Å². The molecule has 18 heavy (non-hydrogen) atoms. The average molecular weight is 282 g/mol. The maximum atomic E-state index is 11.6. The van der Waals surface area contributed by atoms with Gasteiger partial charge in [-0.3, -0.25) is 0 Å². The smallest absolute Gasteiger partial charge is 0.376 e. The van der Waals surface area contributed by atoms with Gasteiger partial charge in [0, 0.05) is 0 Å². The van der Waals surface area contributed by atoms with Crippen LogP contribution in [0.25, 0.3) is 10.3 Å². The summed E-state index contributed by atoms with van der Waals surface area (Å²) in [6.45, 7) is 1.94. The number of esters is 1. The third-order valence-corrected chi connectivity index (χ3v) is 4.61. The third kappa shape index (κ3) is 1.83. The molecule has 0 bridgehead atoms. The van der Waals surface area contributed by atoms with Gasteiger partial charge >= 0.3 is 5.97 Å². The molecule has 0 saturated heterocycles. The van der Waals surface area contributed by atoms with Gasteiger partial charge in [0.1, 0.15) is 17.3 Å². The van der Waals surface area contributed by atoms with Crippen LogP contribution in [0.2, 0.25) is 0 Å². The first-order valence-corrected chi connectivity index (χ1v) is 7.14. The second-order valence-corrected chi connectivity index (χ2v) is 5.40. The SMILES string of the molecule is CCOC(=O)c1oc2c(C#N)c(SC)sc2c1N. The van der Waals surface area contributed by atoms with Crippen LogP contribution in [0.1, 0.15) is 23.0 Å². The minimum Gasteiger partial charge on any atom is -0.460 e.